The second kappa shape index (κ2) is 12.1. The highest BCUT2D eigenvalue weighted by atomic mass is 15.1. The Morgan fingerprint density at radius 2 is 0.940 bits per heavy atom. The molecule has 0 heterocycles. The number of benzene rings is 8. The Hall–Kier alpha value is -6.18. The van der Waals surface area contributed by atoms with Gasteiger partial charge < -0.3 is 4.90 Å². The Bertz CT molecular complexity index is 2500. The average Bonchev–Trinajstić information content (AvgIpc) is 3.42. The van der Waals surface area contributed by atoms with Crippen LogP contribution in [0.3, 0.4) is 0 Å². The number of hydrogen-bond donors (Lipinski definition) is 0. The first-order valence-corrected chi connectivity index (χ1v) is 17.4. The van der Waals surface area contributed by atoms with E-state index in [1.807, 2.05) is 0 Å². The maximum absolute atomic E-state index is 2.46. The quantitative estimate of drug-likeness (QED) is 0.175. The molecule has 0 aliphatic heterocycles. The summed E-state index contributed by atoms with van der Waals surface area (Å²) in [4.78, 5) is 2.46. The summed E-state index contributed by atoms with van der Waals surface area (Å²) in [5, 5.41) is 2.52. The van der Waals surface area contributed by atoms with Crippen molar-refractivity contribution in [2.45, 2.75) is 19.3 Å². The van der Waals surface area contributed by atoms with E-state index in [-0.39, 0.29) is 5.41 Å². The molecule has 8 aromatic carbocycles. The predicted molar refractivity (Wildman–Crippen MR) is 213 cm³/mol. The minimum absolute atomic E-state index is 0.0949. The molecule has 0 unspecified atom stereocenters. The summed E-state index contributed by atoms with van der Waals surface area (Å²) in [7, 11) is 0. The summed E-state index contributed by atoms with van der Waals surface area (Å²) in [5.41, 5.74) is 16.0. The molecule has 238 valence electrons. The summed E-state index contributed by atoms with van der Waals surface area (Å²) < 4.78 is 0. The van der Waals surface area contributed by atoms with E-state index in [2.05, 4.69) is 207 Å². The van der Waals surface area contributed by atoms with Crippen LogP contribution in [0.1, 0.15) is 25.0 Å². The SMILES string of the molecule is CC1(C)c2ccccc2-c2c(N(c3ccc(-c4cccc5ccccc45)cc3)c3cccc(-c4ccccc4-c4ccccc4)c3)cccc21. The molecule has 0 amide bonds. The van der Waals surface area contributed by atoms with Gasteiger partial charge in [0.05, 0.1) is 5.69 Å². The molecule has 0 aromatic heterocycles. The van der Waals surface area contributed by atoms with Gasteiger partial charge in [0.1, 0.15) is 0 Å². The lowest BCUT2D eigenvalue weighted by atomic mass is 9.82. The first-order chi connectivity index (χ1) is 24.6. The van der Waals surface area contributed by atoms with Crippen molar-refractivity contribution in [3.63, 3.8) is 0 Å². The molecule has 0 saturated heterocycles. The van der Waals surface area contributed by atoms with Gasteiger partial charge in [-0.05, 0) is 91.2 Å². The minimum atomic E-state index is -0.0949. The third-order valence-corrected chi connectivity index (χ3v) is 10.5. The fraction of sp³-hybridized carbons (Fsp3) is 0.0612. The van der Waals surface area contributed by atoms with Crippen LogP contribution in [0.25, 0.3) is 55.3 Å². The number of rotatable bonds is 6. The van der Waals surface area contributed by atoms with Gasteiger partial charge in [-0.2, -0.15) is 0 Å². The molecule has 1 heteroatoms. The van der Waals surface area contributed by atoms with E-state index >= 15 is 0 Å². The third kappa shape index (κ3) is 4.94. The van der Waals surface area contributed by atoms with Gasteiger partial charge in [-0.1, -0.05) is 172 Å². The highest BCUT2D eigenvalue weighted by molar-refractivity contribution is 5.98. The Balaban J connectivity index is 1.24. The van der Waals surface area contributed by atoms with Crippen LogP contribution >= 0.6 is 0 Å². The fourth-order valence-corrected chi connectivity index (χ4v) is 8.03. The largest absolute Gasteiger partial charge is 0.310 e. The van der Waals surface area contributed by atoms with Crippen LogP contribution in [0.15, 0.2) is 188 Å². The van der Waals surface area contributed by atoms with Crippen molar-refractivity contribution in [1.29, 1.82) is 0 Å². The van der Waals surface area contributed by atoms with Gasteiger partial charge in [0, 0.05) is 22.4 Å². The number of hydrogen-bond acceptors (Lipinski definition) is 1. The molecule has 0 bridgehead atoms. The van der Waals surface area contributed by atoms with Crippen LogP contribution in [0.4, 0.5) is 17.1 Å². The molecule has 9 rings (SSSR count). The lowest BCUT2D eigenvalue weighted by Crippen LogP contribution is -2.16. The molecular formula is C49H37N. The van der Waals surface area contributed by atoms with Gasteiger partial charge in [0.25, 0.3) is 0 Å². The average molecular weight is 640 g/mol. The first-order valence-electron chi connectivity index (χ1n) is 17.4. The summed E-state index contributed by atoms with van der Waals surface area (Å²) in [6.45, 7) is 4.71. The van der Waals surface area contributed by atoms with Crippen molar-refractivity contribution < 1.29 is 0 Å². The highest BCUT2D eigenvalue weighted by Gasteiger charge is 2.37. The van der Waals surface area contributed by atoms with Crippen LogP contribution in [0, 0.1) is 0 Å². The van der Waals surface area contributed by atoms with Gasteiger partial charge in [-0.3, -0.25) is 0 Å². The van der Waals surface area contributed by atoms with E-state index in [4.69, 9.17) is 0 Å². The molecule has 8 aromatic rings. The standard InChI is InChI=1S/C49H37N/c1-49(2)45-26-11-10-24-44(45)48-46(49)27-14-28-47(48)50(38-31-29-36(30-32-38)42-25-13-18-35-17-6-7-21-40(35)42)39-20-12-19-37(33-39)43-23-9-8-22-41(43)34-15-4-3-5-16-34/h3-33H,1-2H3. The van der Waals surface area contributed by atoms with Crippen molar-refractivity contribution >= 4 is 27.8 Å². The van der Waals surface area contributed by atoms with E-state index in [0.29, 0.717) is 0 Å². The van der Waals surface area contributed by atoms with Crippen molar-refractivity contribution in [1.82, 2.24) is 0 Å². The van der Waals surface area contributed by atoms with Crippen LogP contribution in [-0.2, 0) is 5.41 Å². The molecule has 0 atom stereocenters. The van der Waals surface area contributed by atoms with E-state index in [9.17, 15) is 0 Å². The Kier molecular flexibility index (Phi) is 7.21. The monoisotopic (exact) mass is 639 g/mol. The fourth-order valence-electron chi connectivity index (χ4n) is 8.03. The molecular weight excluding hydrogens is 603 g/mol. The highest BCUT2D eigenvalue weighted by Crippen LogP contribution is 2.54. The Morgan fingerprint density at radius 1 is 0.380 bits per heavy atom. The molecule has 0 saturated carbocycles. The van der Waals surface area contributed by atoms with Gasteiger partial charge in [-0.25, -0.2) is 0 Å². The van der Waals surface area contributed by atoms with Gasteiger partial charge in [0.2, 0.25) is 0 Å². The Morgan fingerprint density at radius 3 is 1.76 bits per heavy atom. The summed E-state index contributed by atoms with van der Waals surface area (Å²) in [6.07, 6.45) is 0. The predicted octanol–water partition coefficient (Wildman–Crippen LogP) is 13.6. The summed E-state index contributed by atoms with van der Waals surface area (Å²) >= 11 is 0. The molecule has 1 nitrogen and oxygen atoms in total. The molecule has 0 spiro atoms. The zero-order valence-corrected chi connectivity index (χ0v) is 28.3. The summed E-state index contributed by atoms with van der Waals surface area (Å²) in [6, 6.07) is 68.6. The maximum Gasteiger partial charge on any atom is 0.0543 e. The lowest BCUT2D eigenvalue weighted by molar-refractivity contribution is 0.660. The van der Waals surface area contributed by atoms with E-state index in [1.165, 1.54) is 72.1 Å². The van der Waals surface area contributed by atoms with Crippen molar-refractivity contribution in [3.05, 3.63) is 199 Å². The van der Waals surface area contributed by atoms with Crippen molar-refractivity contribution in [2.24, 2.45) is 0 Å². The second-order valence-electron chi connectivity index (χ2n) is 13.7. The molecule has 1 aliphatic rings. The molecule has 0 radical (unpaired) electrons. The molecule has 0 fully saturated rings. The first kappa shape index (κ1) is 29.9. The number of anilines is 3. The van der Waals surface area contributed by atoms with Crippen LogP contribution in [0.5, 0.6) is 0 Å². The van der Waals surface area contributed by atoms with E-state index < -0.39 is 0 Å². The zero-order valence-electron chi connectivity index (χ0n) is 28.3. The maximum atomic E-state index is 2.46. The molecule has 1 aliphatic carbocycles. The van der Waals surface area contributed by atoms with Crippen molar-refractivity contribution in [2.75, 3.05) is 4.90 Å². The number of fused-ring (bicyclic) bond motifs is 4. The van der Waals surface area contributed by atoms with Gasteiger partial charge in [0.15, 0.2) is 0 Å². The summed E-state index contributed by atoms with van der Waals surface area (Å²) in [5.74, 6) is 0. The lowest BCUT2D eigenvalue weighted by Gasteiger charge is -2.29. The van der Waals surface area contributed by atoms with Crippen LogP contribution < -0.4 is 4.90 Å². The Labute approximate surface area is 294 Å². The van der Waals surface area contributed by atoms with E-state index in [0.717, 1.165) is 11.4 Å². The smallest absolute Gasteiger partial charge is 0.0543 e. The normalized spacial score (nSPS) is 12.8. The zero-order chi connectivity index (χ0) is 33.7. The topological polar surface area (TPSA) is 3.24 Å². The third-order valence-electron chi connectivity index (χ3n) is 10.5. The molecule has 50 heavy (non-hydrogen) atoms. The van der Waals surface area contributed by atoms with Gasteiger partial charge >= 0.3 is 0 Å². The van der Waals surface area contributed by atoms with Gasteiger partial charge in [-0.15, -0.1) is 0 Å². The van der Waals surface area contributed by atoms with Crippen molar-refractivity contribution in [3.8, 4) is 44.5 Å². The van der Waals surface area contributed by atoms with E-state index in [1.54, 1.807) is 0 Å². The van der Waals surface area contributed by atoms with Crippen LogP contribution in [0.2, 0.25) is 0 Å². The molecule has 0 N–H and O–H groups in total. The number of nitrogens with zero attached hydrogens (tertiary/aromatic N) is 1. The van der Waals surface area contributed by atoms with Crippen LogP contribution in [-0.4, -0.2) is 0 Å². The second-order valence-corrected chi connectivity index (χ2v) is 13.7. The minimum Gasteiger partial charge on any atom is -0.310 e.